The molecule has 1 amide bonds. The summed E-state index contributed by atoms with van der Waals surface area (Å²) in [6.07, 6.45) is 0. The third kappa shape index (κ3) is 4.11. The summed E-state index contributed by atoms with van der Waals surface area (Å²) in [5.41, 5.74) is 3.05. The molecule has 30 heavy (non-hydrogen) atoms. The van der Waals surface area contributed by atoms with E-state index in [1.807, 2.05) is 36.0 Å². The lowest BCUT2D eigenvalue weighted by molar-refractivity contribution is 0.0992. The fraction of sp³-hybridized carbons (Fsp3) is 0.130. The number of anilines is 2. The minimum atomic E-state index is -0.105. The topological polar surface area (TPSA) is 65.4 Å². The van der Waals surface area contributed by atoms with Crippen LogP contribution in [-0.2, 0) is 0 Å². The lowest BCUT2D eigenvalue weighted by Crippen LogP contribution is -2.27. The molecule has 2 aliphatic heterocycles. The number of ether oxygens (including phenoxy) is 1. The summed E-state index contributed by atoms with van der Waals surface area (Å²) in [6.45, 7) is 0. The maximum absolute atomic E-state index is 12.6. The Morgan fingerprint density at radius 3 is 2.60 bits per heavy atom. The number of hydrogen-bond donors (Lipinski definition) is 1. The number of benzene rings is 3. The number of hydrogen-bond acceptors (Lipinski definition) is 6. The maximum Gasteiger partial charge on any atom is 0.259 e. The van der Waals surface area contributed by atoms with E-state index >= 15 is 0 Å². The summed E-state index contributed by atoms with van der Waals surface area (Å²) < 4.78 is 5.10. The zero-order valence-electron chi connectivity index (χ0n) is 16.3. The second kappa shape index (κ2) is 9.16. The summed E-state index contributed by atoms with van der Waals surface area (Å²) in [6, 6.07) is 23.1. The first-order valence-electron chi connectivity index (χ1n) is 9.29. The minimum absolute atomic E-state index is 0.105. The maximum atomic E-state index is 12.6. The first-order chi connectivity index (χ1) is 14.7. The van der Waals surface area contributed by atoms with E-state index in [9.17, 15) is 4.79 Å². The Kier molecular flexibility index (Phi) is 6.17. The van der Waals surface area contributed by atoms with Crippen molar-refractivity contribution in [3.63, 3.8) is 0 Å². The number of fused-ring (bicyclic) bond motifs is 2. The summed E-state index contributed by atoms with van der Waals surface area (Å²) in [5.74, 6) is 1.99. The second-order valence-electron chi connectivity index (χ2n) is 6.46. The molecule has 0 unspecified atom stereocenters. The highest BCUT2D eigenvalue weighted by Crippen LogP contribution is 2.39. The van der Waals surface area contributed by atoms with Crippen LogP contribution in [0.5, 0.6) is 5.75 Å². The SMILES string of the molecule is COc1ccc(C(=O)N2CSc3ccccc32)cc1C#N.c1ccc2c(c1)NCS2. The van der Waals surface area contributed by atoms with E-state index in [-0.39, 0.29) is 5.91 Å². The van der Waals surface area contributed by atoms with Crippen molar-refractivity contribution < 1.29 is 9.53 Å². The van der Waals surface area contributed by atoms with Gasteiger partial charge in [-0.2, -0.15) is 5.26 Å². The number of methoxy groups -OCH3 is 1. The molecule has 0 aromatic heterocycles. The number of nitriles is 1. The molecule has 3 aromatic rings. The zero-order chi connectivity index (χ0) is 20.9. The van der Waals surface area contributed by atoms with Gasteiger partial charge in [0.15, 0.2) is 0 Å². The van der Waals surface area contributed by atoms with Crippen molar-refractivity contribution in [2.45, 2.75) is 9.79 Å². The summed E-state index contributed by atoms with van der Waals surface area (Å²) in [4.78, 5) is 16.8. The third-order valence-corrected chi connectivity index (χ3v) is 6.69. The van der Waals surface area contributed by atoms with E-state index in [0.717, 1.165) is 16.5 Å². The van der Waals surface area contributed by atoms with Crippen LogP contribution in [0.3, 0.4) is 0 Å². The van der Waals surface area contributed by atoms with Crippen LogP contribution in [0.15, 0.2) is 76.5 Å². The first kappa shape index (κ1) is 20.2. The van der Waals surface area contributed by atoms with Crippen LogP contribution in [0.2, 0.25) is 0 Å². The van der Waals surface area contributed by atoms with Crippen LogP contribution in [-0.4, -0.2) is 24.8 Å². The van der Waals surface area contributed by atoms with Gasteiger partial charge in [0, 0.05) is 21.0 Å². The van der Waals surface area contributed by atoms with Crippen molar-refractivity contribution in [1.82, 2.24) is 0 Å². The van der Waals surface area contributed by atoms with E-state index in [0.29, 0.717) is 22.8 Å². The van der Waals surface area contributed by atoms with Gasteiger partial charge in [-0.3, -0.25) is 9.69 Å². The Bertz CT molecular complexity index is 1100. The van der Waals surface area contributed by atoms with Crippen LogP contribution < -0.4 is 15.0 Å². The molecule has 0 saturated carbocycles. The number of rotatable bonds is 2. The fourth-order valence-corrected chi connectivity index (χ4v) is 5.07. The summed E-state index contributed by atoms with van der Waals surface area (Å²) >= 11 is 3.49. The largest absolute Gasteiger partial charge is 0.495 e. The Morgan fingerprint density at radius 2 is 1.83 bits per heavy atom. The Labute approximate surface area is 184 Å². The van der Waals surface area contributed by atoms with Gasteiger partial charge in [0.1, 0.15) is 11.8 Å². The number of carbonyl (C=O) groups is 1. The van der Waals surface area contributed by atoms with E-state index in [1.54, 1.807) is 34.9 Å². The predicted molar refractivity (Wildman–Crippen MR) is 122 cm³/mol. The van der Waals surface area contributed by atoms with Crippen LogP contribution in [0.25, 0.3) is 0 Å². The molecule has 3 aromatic carbocycles. The van der Waals surface area contributed by atoms with Crippen LogP contribution >= 0.6 is 23.5 Å². The lowest BCUT2D eigenvalue weighted by atomic mass is 10.1. The monoisotopic (exact) mass is 433 g/mol. The van der Waals surface area contributed by atoms with Crippen molar-refractivity contribution in [3.05, 3.63) is 77.9 Å². The van der Waals surface area contributed by atoms with E-state index in [2.05, 4.69) is 35.7 Å². The molecule has 0 fully saturated rings. The second-order valence-corrected chi connectivity index (χ2v) is 8.47. The summed E-state index contributed by atoms with van der Waals surface area (Å²) in [7, 11) is 1.50. The van der Waals surface area contributed by atoms with Crippen molar-refractivity contribution in [2.75, 3.05) is 29.1 Å². The molecule has 0 radical (unpaired) electrons. The highest BCUT2D eigenvalue weighted by atomic mass is 32.2. The van der Waals surface area contributed by atoms with Crippen molar-refractivity contribution in [2.24, 2.45) is 0 Å². The molecular weight excluding hydrogens is 414 g/mol. The van der Waals surface area contributed by atoms with Gasteiger partial charge in [-0.15, -0.1) is 23.5 Å². The molecule has 0 saturated heterocycles. The summed E-state index contributed by atoms with van der Waals surface area (Å²) in [5, 5.41) is 12.4. The fourth-order valence-electron chi connectivity index (χ4n) is 3.19. The van der Waals surface area contributed by atoms with E-state index in [4.69, 9.17) is 10.00 Å². The quantitative estimate of drug-likeness (QED) is 0.581. The predicted octanol–water partition coefficient (Wildman–Crippen LogP) is 5.44. The first-order valence-corrected chi connectivity index (χ1v) is 11.3. The molecule has 5 rings (SSSR count). The average Bonchev–Trinajstić information content (AvgIpc) is 3.45. The van der Waals surface area contributed by atoms with Gasteiger partial charge < -0.3 is 10.1 Å². The number of carbonyl (C=O) groups excluding carboxylic acids is 1. The Hall–Kier alpha value is -3.08. The Morgan fingerprint density at radius 1 is 1.07 bits per heavy atom. The molecular formula is C23H19N3O2S2. The smallest absolute Gasteiger partial charge is 0.259 e. The van der Waals surface area contributed by atoms with Gasteiger partial charge in [0.25, 0.3) is 5.91 Å². The third-order valence-electron chi connectivity index (χ3n) is 4.69. The lowest BCUT2D eigenvalue weighted by Gasteiger charge is -2.16. The standard InChI is InChI=1S/C16H12N2O2S.C7H7NS/c1-20-14-7-6-11(8-12(14)9-17)16(19)18-10-21-15-5-3-2-4-13(15)18;1-2-4-7-6(3-1)8-5-9-7/h2-8H,10H2,1H3;1-4,8H,5H2. The molecule has 0 bridgehead atoms. The van der Waals surface area contributed by atoms with Crippen molar-refractivity contribution >= 4 is 40.8 Å². The number of amides is 1. The molecule has 1 N–H and O–H groups in total. The number of nitrogens with zero attached hydrogens (tertiary/aromatic N) is 2. The molecule has 5 nitrogen and oxygen atoms in total. The van der Waals surface area contributed by atoms with Gasteiger partial charge in [0.05, 0.1) is 30.1 Å². The number of nitrogens with one attached hydrogen (secondary N) is 1. The van der Waals surface area contributed by atoms with Crippen LogP contribution in [0, 0.1) is 11.3 Å². The molecule has 150 valence electrons. The van der Waals surface area contributed by atoms with Gasteiger partial charge in [-0.05, 0) is 42.5 Å². The van der Waals surface area contributed by atoms with E-state index < -0.39 is 0 Å². The van der Waals surface area contributed by atoms with Crippen LogP contribution in [0.4, 0.5) is 11.4 Å². The van der Waals surface area contributed by atoms with Crippen molar-refractivity contribution in [1.29, 1.82) is 5.26 Å². The normalized spacial score (nSPS) is 13.3. The zero-order valence-corrected chi connectivity index (χ0v) is 17.9. The van der Waals surface area contributed by atoms with Gasteiger partial charge in [0.2, 0.25) is 0 Å². The average molecular weight is 434 g/mol. The highest BCUT2D eigenvalue weighted by molar-refractivity contribution is 8.00. The number of para-hydroxylation sites is 2. The van der Waals surface area contributed by atoms with Gasteiger partial charge >= 0.3 is 0 Å². The molecule has 2 heterocycles. The number of thioether (sulfide) groups is 2. The molecule has 2 aliphatic rings. The molecule has 0 spiro atoms. The molecule has 0 atom stereocenters. The van der Waals surface area contributed by atoms with E-state index in [1.165, 1.54) is 17.7 Å². The molecule has 0 aliphatic carbocycles. The minimum Gasteiger partial charge on any atom is -0.495 e. The van der Waals surface area contributed by atoms with Crippen LogP contribution in [0.1, 0.15) is 15.9 Å². The molecule has 7 heteroatoms. The van der Waals surface area contributed by atoms with Gasteiger partial charge in [-0.25, -0.2) is 0 Å². The van der Waals surface area contributed by atoms with Gasteiger partial charge in [-0.1, -0.05) is 24.3 Å². The highest BCUT2D eigenvalue weighted by Gasteiger charge is 2.26. The van der Waals surface area contributed by atoms with Crippen molar-refractivity contribution in [3.8, 4) is 11.8 Å². The Balaban J connectivity index is 0.000000200.